The van der Waals surface area contributed by atoms with Crippen molar-refractivity contribution in [1.29, 1.82) is 0 Å². The van der Waals surface area contributed by atoms with Crippen LogP contribution in [0.4, 0.5) is 5.69 Å². The molecule has 0 spiro atoms. The average Bonchev–Trinajstić information content (AvgIpc) is 2.59. The number of anilines is 1. The zero-order chi connectivity index (χ0) is 19.1. The molecule has 5 nitrogen and oxygen atoms in total. The molecule has 2 aromatic carbocycles. The molecule has 26 heavy (non-hydrogen) atoms. The highest BCUT2D eigenvalue weighted by atomic mass is 79.9. The summed E-state index contributed by atoms with van der Waals surface area (Å²) in [7, 11) is 1.58. The van der Waals surface area contributed by atoms with E-state index in [-0.39, 0.29) is 11.0 Å². The Bertz CT molecular complexity index is 817. The predicted octanol–water partition coefficient (Wildman–Crippen LogP) is 4.56. The SMILES string of the molecule is COCCOc1ccc(Br)cc1C(=O)NC(=S)Nc1ccc(C)c(Cl)c1. The molecule has 0 aliphatic rings. The molecule has 2 N–H and O–H groups in total. The van der Waals surface area contributed by atoms with Crippen LogP contribution in [0.2, 0.25) is 5.02 Å². The Morgan fingerprint density at radius 1 is 1.23 bits per heavy atom. The van der Waals surface area contributed by atoms with E-state index in [1.807, 2.05) is 19.1 Å². The van der Waals surface area contributed by atoms with E-state index >= 15 is 0 Å². The van der Waals surface area contributed by atoms with Crippen molar-refractivity contribution in [2.75, 3.05) is 25.6 Å². The van der Waals surface area contributed by atoms with Crippen molar-refractivity contribution >= 4 is 56.5 Å². The van der Waals surface area contributed by atoms with Gasteiger partial charge < -0.3 is 14.8 Å². The zero-order valence-electron chi connectivity index (χ0n) is 14.3. The molecular formula is C18H18BrClN2O3S. The van der Waals surface area contributed by atoms with Crippen molar-refractivity contribution in [2.45, 2.75) is 6.92 Å². The Morgan fingerprint density at radius 2 is 2.00 bits per heavy atom. The maximum atomic E-state index is 12.6. The summed E-state index contributed by atoms with van der Waals surface area (Å²) in [5.41, 5.74) is 2.01. The van der Waals surface area contributed by atoms with Crippen LogP contribution in [-0.2, 0) is 4.74 Å². The maximum absolute atomic E-state index is 12.6. The molecule has 0 saturated carbocycles. The quantitative estimate of drug-likeness (QED) is 0.492. The lowest BCUT2D eigenvalue weighted by Crippen LogP contribution is -2.34. The Hall–Kier alpha value is -1.67. The van der Waals surface area contributed by atoms with Crippen LogP contribution in [0.5, 0.6) is 5.75 Å². The van der Waals surface area contributed by atoms with E-state index in [9.17, 15) is 4.79 Å². The van der Waals surface area contributed by atoms with Crippen molar-refractivity contribution < 1.29 is 14.3 Å². The van der Waals surface area contributed by atoms with Gasteiger partial charge in [-0.2, -0.15) is 0 Å². The van der Waals surface area contributed by atoms with Crippen LogP contribution in [0.3, 0.4) is 0 Å². The lowest BCUT2D eigenvalue weighted by Gasteiger charge is -2.14. The van der Waals surface area contributed by atoms with Crippen LogP contribution in [0, 0.1) is 6.92 Å². The second kappa shape index (κ2) is 9.87. The smallest absolute Gasteiger partial charge is 0.261 e. The van der Waals surface area contributed by atoms with Crippen LogP contribution >= 0.6 is 39.7 Å². The standard InChI is InChI=1S/C18H18BrClN2O3S/c1-11-3-5-13(10-15(11)20)21-18(26)22-17(23)14-9-12(19)4-6-16(14)25-8-7-24-2/h3-6,9-10H,7-8H2,1-2H3,(H2,21,22,23,26). The van der Waals surface area contributed by atoms with Gasteiger partial charge in [0.25, 0.3) is 5.91 Å². The lowest BCUT2D eigenvalue weighted by atomic mass is 10.2. The second-order valence-corrected chi connectivity index (χ2v) is 7.09. The summed E-state index contributed by atoms with van der Waals surface area (Å²) in [5.74, 6) is 0.0679. The molecule has 0 fully saturated rings. The van der Waals surface area contributed by atoms with Crippen molar-refractivity contribution in [3.8, 4) is 5.75 Å². The van der Waals surface area contributed by atoms with Gasteiger partial charge in [0.1, 0.15) is 12.4 Å². The third-order valence-corrected chi connectivity index (χ3v) is 4.49. The van der Waals surface area contributed by atoms with Gasteiger partial charge >= 0.3 is 0 Å². The number of hydrogen-bond donors (Lipinski definition) is 2. The second-order valence-electron chi connectivity index (χ2n) is 5.35. The summed E-state index contributed by atoms with van der Waals surface area (Å²) >= 11 is 14.7. The molecule has 0 saturated heterocycles. The fourth-order valence-corrected chi connectivity index (χ4v) is 2.80. The van der Waals surface area contributed by atoms with Crippen molar-refractivity contribution in [1.82, 2.24) is 5.32 Å². The molecule has 0 aliphatic heterocycles. The lowest BCUT2D eigenvalue weighted by molar-refractivity contribution is 0.0969. The Labute approximate surface area is 171 Å². The molecule has 0 aromatic heterocycles. The third kappa shape index (κ3) is 5.95. The number of hydrogen-bond acceptors (Lipinski definition) is 4. The van der Waals surface area contributed by atoms with Crippen molar-refractivity contribution in [2.24, 2.45) is 0 Å². The van der Waals surface area contributed by atoms with E-state index in [1.54, 1.807) is 31.4 Å². The monoisotopic (exact) mass is 456 g/mol. The zero-order valence-corrected chi connectivity index (χ0v) is 17.4. The van der Waals surface area contributed by atoms with Gasteiger partial charge in [0.05, 0.1) is 12.2 Å². The number of thiocarbonyl (C=S) groups is 1. The topological polar surface area (TPSA) is 59.6 Å². The van der Waals surface area contributed by atoms with Gasteiger partial charge in [-0.05, 0) is 55.0 Å². The number of nitrogens with one attached hydrogen (secondary N) is 2. The van der Waals surface area contributed by atoms with Gasteiger partial charge in [0.15, 0.2) is 5.11 Å². The van der Waals surface area contributed by atoms with Gasteiger partial charge in [-0.3, -0.25) is 10.1 Å². The molecule has 2 rings (SSSR count). The number of ether oxygens (including phenoxy) is 2. The molecular weight excluding hydrogens is 440 g/mol. The van der Waals surface area contributed by atoms with Crippen LogP contribution in [-0.4, -0.2) is 31.3 Å². The first-order chi connectivity index (χ1) is 12.4. The first-order valence-corrected chi connectivity index (χ1v) is 9.28. The molecule has 0 atom stereocenters. The molecule has 2 aromatic rings. The highest BCUT2D eigenvalue weighted by Crippen LogP contribution is 2.24. The number of rotatable bonds is 6. The Morgan fingerprint density at radius 3 is 2.69 bits per heavy atom. The van der Waals surface area contributed by atoms with Gasteiger partial charge in [-0.25, -0.2) is 0 Å². The molecule has 1 amide bonds. The van der Waals surface area contributed by atoms with Crippen LogP contribution in [0.15, 0.2) is 40.9 Å². The number of benzene rings is 2. The molecule has 138 valence electrons. The van der Waals surface area contributed by atoms with Gasteiger partial charge in [0, 0.05) is 22.3 Å². The Balaban J connectivity index is 2.07. The molecule has 0 radical (unpaired) electrons. The third-order valence-electron chi connectivity index (χ3n) is 3.39. The van der Waals surface area contributed by atoms with E-state index in [4.69, 9.17) is 33.3 Å². The largest absolute Gasteiger partial charge is 0.490 e. The summed E-state index contributed by atoms with van der Waals surface area (Å²) in [6.07, 6.45) is 0. The number of carbonyl (C=O) groups excluding carboxylic acids is 1. The summed E-state index contributed by atoms with van der Waals surface area (Å²) in [6, 6.07) is 10.6. The number of carbonyl (C=O) groups is 1. The van der Waals surface area contributed by atoms with E-state index in [0.29, 0.717) is 35.2 Å². The first-order valence-electron chi connectivity index (χ1n) is 7.70. The van der Waals surface area contributed by atoms with Gasteiger partial charge in [-0.15, -0.1) is 0 Å². The fraction of sp³-hybridized carbons (Fsp3) is 0.222. The average molecular weight is 458 g/mol. The minimum Gasteiger partial charge on any atom is -0.490 e. The fourth-order valence-electron chi connectivity index (χ4n) is 2.04. The maximum Gasteiger partial charge on any atom is 0.261 e. The summed E-state index contributed by atoms with van der Waals surface area (Å²) in [5, 5.41) is 6.36. The first kappa shape index (κ1) is 20.6. The predicted molar refractivity (Wildman–Crippen MR) is 111 cm³/mol. The normalized spacial score (nSPS) is 10.3. The van der Waals surface area contributed by atoms with Crippen molar-refractivity contribution in [3.63, 3.8) is 0 Å². The summed E-state index contributed by atoms with van der Waals surface area (Å²) < 4.78 is 11.3. The highest BCUT2D eigenvalue weighted by molar-refractivity contribution is 9.10. The number of aryl methyl sites for hydroxylation is 1. The molecule has 0 heterocycles. The number of halogens is 2. The number of amides is 1. The van der Waals surface area contributed by atoms with E-state index in [1.165, 1.54) is 0 Å². The van der Waals surface area contributed by atoms with E-state index in [0.717, 1.165) is 10.0 Å². The molecule has 0 aliphatic carbocycles. The highest BCUT2D eigenvalue weighted by Gasteiger charge is 2.15. The molecule has 8 heteroatoms. The minimum absolute atomic E-state index is 0.165. The van der Waals surface area contributed by atoms with Crippen LogP contribution in [0.1, 0.15) is 15.9 Å². The van der Waals surface area contributed by atoms with Crippen LogP contribution < -0.4 is 15.4 Å². The summed E-state index contributed by atoms with van der Waals surface area (Å²) in [6.45, 7) is 2.67. The minimum atomic E-state index is -0.380. The molecule has 0 bridgehead atoms. The van der Waals surface area contributed by atoms with Crippen molar-refractivity contribution in [3.05, 3.63) is 57.0 Å². The van der Waals surface area contributed by atoms with E-state index < -0.39 is 0 Å². The van der Waals surface area contributed by atoms with E-state index in [2.05, 4.69) is 26.6 Å². The van der Waals surface area contributed by atoms with Crippen LogP contribution in [0.25, 0.3) is 0 Å². The molecule has 0 unspecified atom stereocenters. The Kier molecular flexibility index (Phi) is 7.84. The van der Waals surface area contributed by atoms with Gasteiger partial charge in [0.2, 0.25) is 0 Å². The summed E-state index contributed by atoms with van der Waals surface area (Å²) in [4.78, 5) is 12.6. The number of methoxy groups -OCH3 is 1. The van der Waals surface area contributed by atoms with Gasteiger partial charge in [-0.1, -0.05) is 33.6 Å².